The van der Waals surface area contributed by atoms with E-state index in [1.165, 1.54) is 11.3 Å². The highest BCUT2D eigenvalue weighted by Gasteiger charge is 2.29. The van der Waals surface area contributed by atoms with Crippen molar-refractivity contribution < 1.29 is 9.90 Å². The molecular weight excluding hydrogens is 384 g/mol. The number of nitrogens with zero attached hydrogens (tertiary/aromatic N) is 2. The third kappa shape index (κ3) is 3.64. The minimum absolute atomic E-state index is 0.227. The fourth-order valence-electron chi connectivity index (χ4n) is 3.35. The molecule has 1 aliphatic rings. The topological polar surface area (TPSA) is 86.6 Å². The van der Waals surface area contributed by atoms with Crippen molar-refractivity contribution in [3.63, 3.8) is 0 Å². The summed E-state index contributed by atoms with van der Waals surface area (Å²) in [6.07, 6.45) is 0. The Labute approximate surface area is 172 Å². The highest BCUT2D eigenvalue weighted by Crippen LogP contribution is 2.38. The number of aliphatic imine (C=N–C) groups is 1. The molecule has 7 heteroatoms. The lowest BCUT2D eigenvalue weighted by atomic mass is 9.94. The second kappa shape index (κ2) is 7.52. The summed E-state index contributed by atoms with van der Waals surface area (Å²) in [6.45, 7) is 7.24. The number of hydrogen-bond acceptors (Lipinski definition) is 5. The molecule has 2 aromatic carbocycles. The van der Waals surface area contributed by atoms with Crippen LogP contribution in [0, 0.1) is 6.92 Å². The van der Waals surface area contributed by atoms with Gasteiger partial charge in [-0.2, -0.15) is 0 Å². The summed E-state index contributed by atoms with van der Waals surface area (Å²) in [4.78, 5) is 20.9. The first-order chi connectivity index (χ1) is 14.0. The standard InChI is InChI=1S/C22H20N4O2S/c1-12-10-15(6-9-18(12)27)20-19(13(2)24-22(28)26-20)21-25-17(11-29-21)14-4-7-16(23-3)8-5-14/h4-11,20,27H,3H2,1-2H3,(H2,24,26,28). The minimum Gasteiger partial charge on any atom is -0.508 e. The van der Waals surface area contributed by atoms with Gasteiger partial charge in [0, 0.05) is 22.2 Å². The molecule has 4 rings (SSSR count). The second-order valence-corrected chi connectivity index (χ2v) is 7.72. The Morgan fingerprint density at radius 2 is 1.93 bits per heavy atom. The molecule has 0 spiro atoms. The number of hydrogen-bond donors (Lipinski definition) is 3. The minimum atomic E-state index is -0.352. The maximum Gasteiger partial charge on any atom is 0.319 e. The van der Waals surface area contributed by atoms with Crippen LogP contribution in [0.1, 0.15) is 29.1 Å². The molecule has 0 saturated heterocycles. The van der Waals surface area contributed by atoms with E-state index < -0.39 is 0 Å². The van der Waals surface area contributed by atoms with Crippen molar-refractivity contribution in [3.8, 4) is 17.0 Å². The predicted octanol–water partition coefficient (Wildman–Crippen LogP) is 4.94. The average Bonchev–Trinajstić information content (AvgIpc) is 3.19. The zero-order chi connectivity index (χ0) is 20.5. The molecule has 3 aromatic rings. The summed E-state index contributed by atoms with van der Waals surface area (Å²) >= 11 is 1.53. The van der Waals surface area contributed by atoms with Gasteiger partial charge in [-0.15, -0.1) is 11.3 Å². The summed E-state index contributed by atoms with van der Waals surface area (Å²) in [5.41, 5.74) is 5.98. The Balaban J connectivity index is 1.75. The predicted molar refractivity (Wildman–Crippen MR) is 117 cm³/mol. The molecule has 1 aliphatic heterocycles. The number of thiazole rings is 1. The summed E-state index contributed by atoms with van der Waals surface area (Å²) in [7, 11) is 0. The van der Waals surface area contributed by atoms with Crippen LogP contribution < -0.4 is 10.6 Å². The molecule has 6 nitrogen and oxygen atoms in total. The van der Waals surface area contributed by atoms with E-state index >= 15 is 0 Å². The van der Waals surface area contributed by atoms with E-state index in [2.05, 4.69) is 22.3 Å². The van der Waals surface area contributed by atoms with Gasteiger partial charge in [-0.3, -0.25) is 4.99 Å². The Morgan fingerprint density at radius 3 is 2.62 bits per heavy atom. The highest BCUT2D eigenvalue weighted by molar-refractivity contribution is 7.11. The molecular formula is C22H20N4O2S. The van der Waals surface area contributed by atoms with Crippen LogP contribution in [0.15, 0.2) is 58.5 Å². The number of nitrogens with one attached hydrogen (secondary N) is 2. The molecule has 1 atom stereocenters. The number of carbonyl (C=O) groups excluding carboxylic acids is 1. The van der Waals surface area contributed by atoms with Crippen LogP contribution in [0.3, 0.4) is 0 Å². The highest BCUT2D eigenvalue weighted by atomic mass is 32.1. The smallest absolute Gasteiger partial charge is 0.319 e. The van der Waals surface area contributed by atoms with Gasteiger partial charge in [-0.05, 0) is 56.0 Å². The molecule has 2 amide bonds. The van der Waals surface area contributed by atoms with Crippen LogP contribution in [-0.2, 0) is 0 Å². The van der Waals surface area contributed by atoms with Crippen molar-refractivity contribution >= 4 is 35.3 Å². The number of urea groups is 1. The van der Waals surface area contributed by atoms with E-state index in [4.69, 9.17) is 4.98 Å². The van der Waals surface area contributed by atoms with Crippen molar-refractivity contribution in [1.29, 1.82) is 0 Å². The van der Waals surface area contributed by atoms with Crippen LogP contribution in [-0.4, -0.2) is 22.8 Å². The molecule has 3 N–H and O–H groups in total. The number of phenolic OH excluding ortho intramolecular Hbond substituents is 1. The average molecular weight is 404 g/mol. The number of phenols is 1. The lowest BCUT2D eigenvalue weighted by Crippen LogP contribution is -2.42. The van der Waals surface area contributed by atoms with E-state index in [1.54, 1.807) is 6.07 Å². The van der Waals surface area contributed by atoms with Crippen LogP contribution in [0.4, 0.5) is 10.5 Å². The molecule has 0 bridgehead atoms. The van der Waals surface area contributed by atoms with E-state index in [-0.39, 0.29) is 17.8 Å². The van der Waals surface area contributed by atoms with Crippen LogP contribution in [0.5, 0.6) is 5.75 Å². The fourth-order valence-corrected chi connectivity index (χ4v) is 4.31. The lowest BCUT2D eigenvalue weighted by Gasteiger charge is -2.28. The molecule has 0 radical (unpaired) electrons. The third-order valence-corrected chi connectivity index (χ3v) is 5.78. The molecule has 0 aliphatic carbocycles. The van der Waals surface area contributed by atoms with Gasteiger partial charge in [0.1, 0.15) is 10.8 Å². The molecule has 2 heterocycles. The van der Waals surface area contributed by atoms with E-state index in [0.717, 1.165) is 44.3 Å². The third-order valence-electron chi connectivity index (χ3n) is 4.90. The second-order valence-electron chi connectivity index (χ2n) is 6.86. The zero-order valence-corrected chi connectivity index (χ0v) is 16.9. The van der Waals surface area contributed by atoms with Crippen molar-refractivity contribution in [2.45, 2.75) is 19.9 Å². The van der Waals surface area contributed by atoms with Crippen molar-refractivity contribution in [2.75, 3.05) is 0 Å². The van der Waals surface area contributed by atoms with E-state index in [9.17, 15) is 9.90 Å². The number of aromatic nitrogens is 1. The van der Waals surface area contributed by atoms with Crippen molar-refractivity contribution in [2.24, 2.45) is 4.99 Å². The first-order valence-corrected chi connectivity index (χ1v) is 9.95. The van der Waals surface area contributed by atoms with Gasteiger partial charge in [0.15, 0.2) is 0 Å². The Bertz CT molecular complexity index is 1130. The molecule has 1 unspecified atom stereocenters. The number of aryl methyl sites for hydroxylation is 1. The normalized spacial score (nSPS) is 16.3. The SMILES string of the molecule is C=Nc1ccc(-c2csc(C3=C(C)NC(=O)NC3c3ccc(O)c(C)c3)n2)cc1. The quantitative estimate of drug-likeness (QED) is 0.538. The van der Waals surface area contributed by atoms with E-state index in [1.807, 2.05) is 55.6 Å². The number of rotatable bonds is 4. The zero-order valence-electron chi connectivity index (χ0n) is 16.1. The van der Waals surface area contributed by atoms with Crippen LogP contribution in [0.25, 0.3) is 16.8 Å². The molecule has 29 heavy (non-hydrogen) atoms. The summed E-state index contributed by atoms with van der Waals surface area (Å²) in [5.74, 6) is 0.227. The number of carbonyl (C=O) groups is 1. The van der Waals surface area contributed by atoms with Gasteiger partial charge in [-0.1, -0.05) is 18.2 Å². The van der Waals surface area contributed by atoms with Crippen molar-refractivity contribution in [3.05, 3.63) is 69.7 Å². The van der Waals surface area contributed by atoms with Gasteiger partial charge in [0.25, 0.3) is 0 Å². The Morgan fingerprint density at radius 1 is 1.17 bits per heavy atom. The summed E-state index contributed by atoms with van der Waals surface area (Å²) in [6, 6.07) is 12.5. The Hall–Kier alpha value is -3.45. The van der Waals surface area contributed by atoms with Gasteiger partial charge in [0.05, 0.1) is 17.4 Å². The maximum atomic E-state index is 12.1. The molecule has 0 saturated carbocycles. The number of aromatic hydroxyl groups is 1. The monoisotopic (exact) mass is 404 g/mol. The number of amides is 2. The molecule has 0 fully saturated rings. The summed E-state index contributed by atoms with van der Waals surface area (Å²) < 4.78 is 0. The lowest BCUT2D eigenvalue weighted by molar-refractivity contribution is 0.240. The first kappa shape index (κ1) is 18.9. The Kier molecular flexibility index (Phi) is 4.90. The van der Waals surface area contributed by atoms with Gasteiger partial charge in [-0.25, -0.2) is 9.78 Å². The number of allylic oxidation sites excluding steroid dienone is 1. The van der Waals surface area contributed by atoms with Crippen LogP contribution >= 0.6 is 11.3 Å². The van der Waals surface area contributed by atoms with Crippen molar-refractivity contribution in [1.82, 2.24) is 15.6 Å². The van der Waals surface area contributed by atoms with Gasteiger partial charge in [0.2, 0.25) is 0 Å². The first-order valence-electron chi connectivity index (χ1n) is 9.07. The summed E-state index contributed by atoms with van der Waals surface area (Å²) in [5, 5.41) is 18.5. The van der Waals surface area contributed by atoms with Crippen LogP contribution in [0.2, 0.25) is 0 Å². The largest absolute Gasteiger partial charge is 0.508 e. The van der Waals surface area contributed by atoms with Gasteiger partial charge < -0.3 is 15.7 Å². The maximum absolute atomic E-state index is 12.1. The molecule has 146 valence electrons. The number of benzene rings is 2. The van der Waals surface area contributed by atoms with E-state index in [0.29, 0.717) is 0 Å². The molecule has 1 aromatic heterocycles. The fraction of sp³-hybridized carbons (Fsp3) is 0.136. The van der Waals surface area contributed by atoms with Gasteiger partial charge >= 0.3 is 6.03 Å².